The molecule has 3 aromatic rings. The third-order valence-electron chi connectivity index (χ3n) is 11.2. The Morgan fingerprint density at radius 3 is 1.86 bits per heavy atom. The van der Waals surface area contributed by atoms with E-state index in [9.17, 15) is 28.8 Å². The fraction of sp³-hybridized carbons (Fsp3) is 0.591. The number of fused-ring (bicyclic) bond motifs is 1. The first-order chi connectivity index (χ1) is 31.9. The highest BCUT2D eigenvalue weighted by Gasteiger charge is 2.34. The van der Waals surface area contributed by atoms with Gasteiger partial charge in [-0.05, 0) is 75.4 Å². The number of rotatable bonds is 34. The van der Waals surface area contributed by atoms with Crippen molar-refractivity contribution in [2.75, 3.05) is 64.7 Å². The molecule has 0 spiro atoms. The van der Waals surface area contributed by atoms with Crippen molar-refractivity contribution in [1.82, 2.24) is 40.3 Å². The summed E-state index contributed by atoms with van der Waals surface area (Å²) in [4.78, 5) is 101. The van der Waals surface area contributed by atoms with Gasteiger partial charge in [0.25, 0.3) is 0 Å². The second-order valence-electron chi connectivity index (χ2n) is 16.0. The molecule has 366 valence electrons. The number of aliphatic imine (C=N–C) groups is 1. The quantitative estimate of drug-likeness (QED) is 0.0154. The van der Waals surface area contributed by atoms with E-state index in [1.165, 1.54) is 21.0 Å². The zero-order valence-corrected chi connectivity index (χ0v) is 39.0. The van der Waals surface area contributed by atoms with Crippen LogP contribution in [0.3, 0.4) is 0 Å². The number of H-pyrrole nitrogens is 2. The van der Waals surface area contributed by atoms with Crippen LogP contribution in [0, 0.1) is 0 Å². The molecule has 16 N–H and O–H groups in total. The summed E-state index contributed by atoms with van der Waals surface area (Å²) in [7, 11) is 0. The summed E-state index contributed by atoms with van der Waals surface area (Å²) in [6.45, 7) is 1.21. The summed E-state index contributed by atoms with van der Waals surface area (Å²) in [6.07, 6.45) is 9.74. The second kappa shape index (κ2) is 30.5. The van der Waals surface area contributed by atoms with E-state index in [-0.39, 0.29) is 107 Å². The Morgan fingerprint density at radius 1 is 0.682 bits per heavy atom. The lowest BCUT2D eigenvalue weighted by Crippen LogP contribution is -2.56. The Labute approximate surface area is 392 Å². The van der Waals surface area contributed by atoms with Gasteiger partial charge in [0, 0.05) is 107 Å². The SMILES string of the molecule is NCCCCCC(=O)N(CCNC(=O)C(Cc1c[nH]c2ccccc12)N(CCN)C(=O)CCS)C(Cc1cnc[nH]1)C(=O)NCCN(C(=O)CCCCN=C(N)N)C(CCCCN)C(N)=O. The number of nitrogens with zero attached hydrogens (tertiary/aromatic N) is 5. The fourth-order valence-corrected chi connectivity index (χ4v) is 7.98. The first-order valence-corrected chi connectivity index (χ1v) is 23.5. The Bertz CT molecular complexity index is 1980. The van der Waals surface area contributed by atoms with E-state index in [0.717, 1.165) is 16.5 Å². The molecule has 2 aromatic heterocycles. The number of carbonyl (C=O) groups is 6. The van der Waals surface area contributed by atoms with E-state index in [2.05, 4.69) is 43.2 Å². The van der Waals surface area contributed by atoms with Gasteiger partial charge in [-0.3, -0.25) is 33.8 Å². The number of hydrogen-bond acceptors (Lipinski definition) is 12. The summed E-state index contributed by atoms with van der Waals surface area (Å²) < 4.78 is 0. The van der Waals surface area contributed by atoms with Crippen LogP contribution in [-0.4, -0.2) is 154 Å². The molecule has 22 heteroatoms. The number of unbranched alkanes of at least 4 members (excludes halogenated alkanes) is 4. The number of hydrogen-bond donors (Lipinski definition) is 11. The maximum atomic E-state index is 14.4. The molecule has 2 heterocycles. The smallest absolute Gasteiger partial charge is 0.243 e. The molecule has 0 saturated carbocycles. The summed E-state index contributed by atoms with van der Waals surface area (Å²) in [5.41, 5.74) is 36.4. The lowest BCUT2D eigenvalue weighted by molar-refractivity contribution is -0.142. The van der Waals surface area contributed by atoms with Gasteiger partial charge in [0.15, 0.2) is 5.96 Å². The fourth-order valence-electron chi connectivity index (χ4n) is 7.79. The number of nitrogens with one attached hydrogen (secondary N) is 4. The van der Waals surface area contributed by atoms with Crippen LogP contribution in [0.1, 0.15) is 81.9 Å². The number of guanidine groups is 1. The molecule has 0 fully saturated rings. The summed E-state index contributed by atoms with van der Waals surface area (Å²) >= 11 is 4.26. The normalized spacial score (nSPS) is 12.5. The van der Waals surface area contributed by atoms with Crippen molar-refractivity contribution < 1.29 is 28.8 Å². The number of carbonyl (C=O) groups excluding carboxylic acids is 6. The molecule has 21 nitrogen and oxygen atoms in total. The van der Waals surface area contributed by atoms with Crippen LogP contribution in [0.25, 0.3) is 10.9 Å². The van der Waals surface area contributed by atoms with E-state index < -0.39 is 35.8 Å². The van der Waals surface area contributed by atoms with Crippen molar-refractivity contribution in [2.24, 2.45) is 39.4 Å². The van der Waals surface area contributed by atoms with Crippen molar-refractivity contribution >= 4 is 64.9 Å². The Hall–Kier alpha value is -5.71. The van der Waals surface area contributed by atoms with Crippen LogP contribution < -0.4 is 45.0 Å². The minimum Gasteiger partial charge on any atom is -0.370 e. The molecule has 3 unspecified atom stereocenters. The van der Waals surface area contributed by atoms with Gasteiger partial charge in [-0.2, -0.15) is 12.6 Å². The van der Waals surface area contributed by atoms with Crippen LogP contribution in [0.4, 0.5) is 0 Å². The molecule has 3 atom stereocenters. The number of aromatic nitrogens is 3. The number of primary amides is 1. The topological polar surface area (TPSA) is 349 Å². The predicted molar refractivity (Wildman–Crippen MR) is 258 cm³/mol. The first-order valence-electron chi connectivity index (χ1n) is 22.9. The Balaban J connectivity index is 1.90. The van der Waals surface area contributed by atoms with Crippen molar-refractivity contribution in [3.8, 4) is 0 Å². The van der Waals surface area contributed by atoms with Crippen LogP contribution in [0.2, 0.25) is 0 Å². The zero-order valence-electron chi connectivity index (χ0n) is 38.1. The summed E-state index contributed by atoms with van der Waals surface area (Å²) in [5.74, 6) is -2.37. The van der Waals surface area contributed by atoms with Gasteiger partial charge in [-0.15, -0.1) is 0 Å². The Kier molecular flexibility index (Phi) is 25.2. The van der Waals surface area contributed by atoms with Crippen LogP contribution >= 0.6 is 12.6 Å². The average Bonchev–Trinajstić information content (AvgIpc) is 3.97. The van der Waals surface area contributed by atoms with E-state index in [4.69, 9.17) is 34.4 Å². The van der Waals surface area contributed by atoms with E-state index >= 15 is 0 Å². The molecule has 6 amide bonds. The molecular formula is C44H73N15O6S. The number of benzene rings is 1. The van der Waals surface area contributed by atoms with E-state index in [1.54, 1.807) is 6.20 Å². The molecule has 0 bridgehead atoms. The molecule has 1 aromatic carbocycles. The highest BCUT2D eigenvalue weighted by molar-refractivity contribution is 7.80. The van der Waals surface area contributed by atoms with Crippen molar-refractivity contribution in [3.05, 3.63) is 54.2 Å². The van der Waals surface area contributed by atoms with Crippen molar-refractivity contribution in [3.63, 3.8) is 0 Å². The lowest BCUT2D eigenvalue weighted by atomic mass is 10.0. The number of para-hydroxylation sites is 1. The molecule has 66 heavy (non-hydrogen) atoms. The van der Waals surface area contributed by atoms with Gasteiger partial charge in [0.1, 0.15) is 18.1 Å². The largest absolute Gasteiger partial charge is 0.370 e. The molecular weight excluding hydrogens is 867 g/mol. The van der Waals surface area contributed by atoms with Gasteiger partial charge in [-0.25, -0.2) is 4.98 Å². The molecule has 0 aliphatic rings. The summed E-state index contributed by atoms with van der Waals surface area (Å²) in [6, 6.07) is 4.68. The minimum atomic E-state index is -1.09. The molecule has 0 aliphatic carbocycles. The maximum Gasteiger partial charge on any atom is 0.243 e. The molecule has 3 rings (SSSR count). The molecule has 0 saturated heterocycles. The van der Waals surface area contributed by atoms with Gasteiger partial charge in [0.05, 0.1) is 6.33 Å². The van der Waals surface area contributed by atoms with Crippen LogP contribution in [-0.2, 0) is 41.6 Å². The molecule has 0 aliphatic heterocycles. The predicted octanol–water partition coefficient (Wildman–Crippen LogP) is -0.644. The van der Waals surface area contributed by atoms with Gasteiger partial charge >= 0.3 is 0 Å². The van der Waals surface area contributed by atoms with Gasteiger partial charge in [-0.1, -0.05) is 24.6 Å². The maximum absolute atomic E-state index is 14.4. The van der Waals surface area contributed by atoms with E-state index in [0.29, 0.717) is 70.3 Å². The number of imidazole rings is 1. The standard InChI is InChI=1S/C44H73N15O6S/c45-16-7-1-2-13-39(61)59(24-21-52-42(64)36(57(22-18-47)40(62)15-25-66)26-31-28-55-34-11-4-3-10-33(31)34)37(27-32-29-51-30-56-32)43(65)53-20-23-58(35(41(48)63)12-5-8-17-46)38(60)14-6-9-19-54-44(49)50/h3-4,10-11,28-30,35-37,55,66H,1-2,5-9,12-27,45-47H2,(H2,48,63)(H,51,56)(H,52,64)(H,53,65)(H4,49,50,54). The zero-order chi connectivity index (χ0) is 48.3. The highest BCUT2D eigenvalue weighted by Crippen LogP contribution is 2.22. The molecule has 0 radical (unpaired) electrons. The van der Waals surface area contributed by atoms with Gasteiger partial charge < -0.3 is 69.7 Å². The van der Waals surface area contributed by atoms with Crippen LogP contribution in [0.15, 0.2) is 48.0 Å². The lowest BCUT2D eigenvalue weighted by Gasteiger charge is -2.33. The minimum absolute atomic E-state index is 0.0431. The third-order valence-corrected chi connectivity index (χ3v) is 11.4. The van der Waals surface area contributed by atoms with Crippen LogP contribution in [0.5, 0.6) is 0 Å². The first kappa shape index (κ1) is 54.6. The third kappa shape index (κ3) is 18.3. The second-order valence-corrected chi connectivity index (χ2v) is 16.5. The highest BCUT2D eigenvalue weighted by atomic mass is 32.1. The van der Waals surface area contributed by atoms with Gasteiger partial charge in [0.2, 0.25) is 35.4 Å². The number of nitrogens with two attached hydrogens (primary N) is 6. The number of aromatic amines is 2. The monoisotopic (exact) mass is 940 g/mol. The van der Waals surface area contributed by atoms with Crippen molar-refractivity contribution in [1.29, 1.82) is 0 Å². The number of thiol groups is 1. The summed E-state index contributed by atoms with van der Waals surface area (Å²) in [5, 5.41) is 6.77. The van der Waals surface area contributed by atoms with Crippen molar-refractivity contribution in [2.45, 2.75) is 102 Å². The average molecular weight is 940 g/mol. The number of amides is 6. The van der Waals surface area contributed by atoms with E-state index in [1.807, 2.05) is 30.5 Å². The Morgan fingerprint density at radius 2 is 1.27 bits per heavy atom.